The van der Waals surface area contributed by atoms with Crippen molar-refractivity contribution < 1.29 is 33.9 Å². The molecule has 0 bridgehead atoms. The molecule has 1 heterocycles. The Morgan fingerprint density at radius 1 is 0.569 bits per heavy atom. The van der Waals surface area contributed by atoms with Crippen LogP contribution >= 0.6 is 0 Å². The number of nitrogens with two attached hydrogens (primary N) is 1. The zero-order valence-corrected chi connectivity index (χ0v) is 33.2. The Kier molecular flexibility index (Phi) is 16.5. The van der Waals surface area contributed by atoms with Crippen LogP contribution in [0.4, 0.5) is 0 Å². The topological polar surface area (TPSA) is 222 Å². The maximum atomic E-state index is 14.4. The molecule has 0 aliphatic carbocycles. The van der Waals surface area contributed by atoms with Crippen LogP contribution in [0, 0.1) is 11.8 Å². The van der Waals surface area contributed by atoms with Gasteiger partial charge in [-0.15, -0.1) is 0 Å². The fraction of sp³-hybridized carbons (Fsp3) is 0.341. The molecule has 3 aromatic carbocycles. The van der Waals surface area contributed by atoms with E-state index in [-0.39, 0.29) is 36.5 Å². The SMILES string of the molecule is CC(C)C[C@@H](NC(=O)[C@H](NC(=O)[C@@H](Cc1ccccc1)NC(=O)[C@@H](Cc1ccccc1)NC(=O)[C@@H](Cc1cccnc1)NC(=O)c1ccc(O)cc1)C(C)C)C(N)=O. The van der Waals surface area contributed by atoms with Crippen molar-refractivity contribution >= 4 is 35.4 Å². The van der Waals surface area contributed by atoms with Gasteiger partial charge in [-0.1, -0.05) is 94.4 Å². The molecule has 14 nitrogen and oxygen atoms in total. The number of hydrogen-bond donors (Lipinski definition) is 7. The Bertz CT molecular complexity index is 1980. The number of aromatic hydroxyl groups is 1. The van der Waals surface area contributed by atoms with E-state index in [1.54, 1.807) is 86.9 Å². The summed E-state index contributed by atoms with van der Waals surface area (Å²) in [6, 6.07) is 21.4. The number of phenols is 1. The van der Waals surface area contributed by atoms with Gasteiger partial charge in [0.25, 0.3) is 5.91 Å². The van der Waals surface area contributed by atoms with Gasteiger partial charge in [-0.3, -0.25) is 33.8 Å². The molecule has 0 fully saturated rings. The zero-order valence-electron chi connectivity index (χ0n) is 33.2. The lowest BCUT2D eigenvalue weighted by atomic mass is 9.98. The van der Waals surface area contributed by atoms with Crippen molar-refractivity contribution in [1.29, 1.82) is 0 Å². The van der Waals surface area contributed by atoms with Crippen molar-refractivity contribution in [3.05, 3.63) is 132 Å². The first-order valence-corrected chi connectivity index (χ1v) is 19.3. The number of aromatic nitrogens is 1. The van der Waals surface area contributed by atoms with Gasteiger partial charge in [0, 0.05) is 37.2 Å². The Labute approximate surface area is 338 Å². The van der Waals surface area contributed by atoms with Crippen LogP contribution in [-0.4, -0.2) is 75.7 Å². The van der Waals surface area contributed by atoms with Crippen molar-refractivity contribution in [2.45, 2.75) is 83.6 Å². The van der Waals surface area contributed by atoms with Crippen LogP contribution in [-0.2, 0) is 43.2 Å². The second-order valence-corrected chi connectivity index (χ2v) is 15.0. The lowest BCUT2D eigenvalue weighted by Gasteiger charge is -2.28. The van der Waals surface area contributed by atoms with Crippen LogP contribution in [0.3, 0.4) is 0 Å². The molecule has 0 saturated heterocycles. The number of hydrogen-bond acceptors (Lipinski definition) is 8. The average Bonchev–Trinajstić information content (AvgIpc) is 3.19. The van der Waals surface area contributed by atoms with Gasteiger partial charge in [-0.2, -0.15) is 0 Å². The highest BCUT2D eigenvalue weighted by Gasteiger charge is 2.34. The summed E-state index contributed by atoms with van der Waals surface area (Å²) in [6.45, 7) is 7.27. The number of rotatable bonds is 20. The summed E-state index contributed by atoms with van der Waals surface area (Å²) in [5, 5.41) is 23.6. The summed E-state index contributed by atoms with van der Waals surface area (Å²) < 4.78 is 0. The van der Waals surface area contributed by atoms with E-state index in [1.165, 1.54) is 24.3 Å². The van der Waals surface area contributed by atoms with Crippen molar-refractivity contribution in [1.82, 2.24) is 31.6 Å². The summed E-state index contributed by atoms with van der Waals surface area (Å²) >= 11 is 0. The van der Waals surface area contributed by atoms with Gasteiger partial charge in [0.1, 0.15) is 36.0 Å². The minimum atomic E-state index is -1.22. The summed E-state index contributed by atoms with van der Waals surface area (Å²) in [5.74, 6) is -4.28. The first-order chi connectivity index (χ1) is 27.7. The third-order valence-corrected chi connectivity index (χ3v) is 9.36. The third kappa shape index (κ3) is 13.9. The monoisotopic (exact) mass is 791 g/mol. The number of benzene rings is 3. The first kappa shape index (κ1) is 44.1. The predicted molar refractivity (Wildman–Crippen MR) is 219 cm³/mol. The predicted octanol–water partition coefficient (Wildman–Crippen LogP) is 2.74. The molecule has 306 valence electrons. The molecule has 0 aliphatic heterocycles. The van der Waals surface area contributed by atoms with E-state index in [0.29, 0.717) is 17.5 Å². The van der Waals surface area contributed by atoms with Crippen molar-refractivity contribution in [3.8, 4) is 5.75 Å². The van der Waals surface area contributed by atoms with Gasteiger partial charge < -0.3 is 37.4 Å². The highest BCUT2D eigenvalue weighted by atomic mass is 16.3. The number of pyridine rings is 1. The maximum Gasteiger partial charge on any atom is 0.251 e. The molecular weight excluding hydrogens is 739 g/mol. The van der Waals surface area contributed by atoms with Crippen LogP contribution < -0.4 is 32.3 Å². The van der Waals surface area contributed by atoms with E-state index in [4.69, 9.17) is 5.73 Å². The van der Waals surface area contributed by atoms with E-state index in [9.17, 15) is 33.9 Å². The van der Waals surface area contributed by atoms with Crippen molar-refractivity contribution in [3.63, 3.8) is 0 Å². The zero-order chi connectivity index (χ0) is 42.2. The normalized spacial score (nSPS) is 13.6. The highest BCUT2D eigenvalue weighted by molar-refractivity contribution is 5.99. The largest absolute Gasteiger partial charge is 0.508 e. The molecule has 5 atom stereocenters. The molecule has 0 radical (unpaired) electrons. The van der Waals surface area contributed by atoms with E-state index in [0.717, 1.165) is 5.56 Å². The number of amides is 6. The fourth-order valence-electron chi connectivity index (χ4n) is 6.25. The third-order valence-electron chi connectivity index (χ3n) is 9.36. The maximum absolute atomic E-state index is 14.4. The molecule has 0 aliphatic rings. The van der Waals surface area contributed by atoms with Crippen molar-refractivity contribution in [2.75, 3.05) is 0 Å². The van der Waals surface area contributed by atoms with E-state index >= 15 is 0 Å². The molecule has 14 heteroatoms. The van der Waals surface area contributed by atoms with Crippen LogP contribution in [0.1, 0.15) is 61.2 Å². The second-order valence-electron chi connectivity index (χ2n) is 15.0. The molecule has 58 heavy (non-hydrogen) atoms. The standard InChI is InChI=1S/C44H53N7O7/c1-27(2)22-34(39(45)53)47-44(58)38(28(3)4)51-43(57)36(24-30-14-9-6-10-15-30)50-41(55)35(23-29-12-7-5-8-13-29)49-42(56)37(25-31-16-11-21-46-26-31)48-40(54)32-17-19-33(52)20-18-32/h5-21,26-28,34-38,52H,22-25H2,1-4H3,(H2,45,53)(H,47,58)(H,48,54)(H,49,56)(H,50,55)(H,51,57)/t34-,35-,36-,37-,38-/m1/s1. The van der Waals surface area contributed by atoms with Crippen molar-refractivity contribution in [2.24, 2.45) is 17.6 Å². The number of nitrogens with zero attached hydrogens (tertiary/aromatic N) is 1. The Balaban J connectivity index is 1.62. The summed E-state index contributed by atoms with van der Waals surface area (Å²) in [7, 11) is 0. The number of carbonyl (C=O) groups excluding carboxylic acids is 6. The molecule has 4 aromatic rings. The van der Waals surface area contributed by atoms with Gasteiger partial charge in [-0.25, -0.2) is 0 Å². The van der Waals surface area contributed by atoms with Gasteiger partial charge in [-0.05, 0) is 65.3 Å². The number of carbonyl (C=O) groups is 6. The molecule has 0 spiro atoms. The Morgan fingerprint density at radius 2 is 1.03 bits per heavy atom. The van der Waals surface area contributed by atoms with E-state index in [1.807, 2.05) is 26.0 Å². The number of nitrogens with one attached hydrogen (secondary N) is 5. The average molecular weight is 792 g/mol. The van der Waals surface area contributed by atoms with E-state index < -0.39 is 71.6 Å². The molecule has 1 aromatic heterocycles. The van der Waals surface area contributed by atoms with Gasteiger partial charge in [0.2, 0.25) is 29.5 Å². The highest BCUT2D eigenvalue weighted by Crippen LogP contribution is 2.13. The summed E-state index contributed by atoms with van der Waals surface area (Å²) in [6.07, 6.45) is 3.57. The van der Waals surface area contributed by atoms with Gasteiger partial charge >= 0.3 is 0 Å². The molecule has 6 amide bonds. The van der Waals surface area contributed by atoms with Crippen LogP contribution in [0.2, 0.25) is 0 Å². The molecule has 4 rings (SSSR count). The van der Waals surface area contributed by atoms with Crippen LogP contribution in [0.5, 0.6) is 5.75 Å². The summed E-state index contributed by atoms with van der Waals surface area (Å²) in [4.78, 5) is 85.8. The lowest BCUT2D eigenvalue weighted by Crippen LogP contribution is -2.60. The van der Waals surface area contributed by atoms with Gasteiger partial charge in [0.15, 0.2) is 0 Å². The molecule has 0 saturated carbocycles. The second kappa shape index (κ2) is 21.7. The molecule has 0 unspecified atom stereocenters. The Hall–Kier alpha value is -6.57. The number of primary amides is 1. The van der Waals surface area contributed by atoms with Crippen LogP contribution in [0.25, 0.3) is 0 Å². The summed E-state index contributed by atoms with van der Waals surface area (Å²) in [5.41, 5.74) is 7.86. The van der Waals surface area contributed by atoms with Crippen LogP contribution in [0.15, 0.2) is 109 Å². The molecule has 8 N–H and O–H groups in total. The minimum absolute atomic E-state index is 0.0310. The molecular formula is C44H53N7O7. The minimum Gasteiger partial charge on any atom is -0.508 e. The van der Waals surface area contributed by atoms with E-state index in [2.05, 4.69) is 31.6 Å². The smallest absolute Gasteiger partial charge is 0.251 e. The quantitative estimate of drug-likeness (QED) is 0.0704. The lowest BCUT2D eigenvalue weighted by molar-refractivity contribution is -0.135. The van der Waals surface area contributed by atoms with Gasteiger partial charge in [0.05, 0.1) is 0 Å². The fourth-order valence-corrected chi connectivity index (χ4v) is 6.25. The Morgan fingerprint density at radius 3 is 1.50 bits per heavy atom. The first-order valence-electron chi connectivity index (χ1n) is 19.3. The number of phenolic OH excluding ortho intramolecular Hbond substituents is 1.